The number of nitrogens with zero attached hydrogens (tertiary/aromatic N) is 2. The molecule has 3 aromatic rings. The molecule has 0 fully saturated rings. The fourth-order valence-corrected chi connectivity index (χ4v) is 4.30. The predicted molar refractivity (Wildman–Crippen MR) is 95.7 cm³/mol. The van der Waals surface area contributed by atoms with Gasteiger partial charge in [0.05, 0.1) is 11.1 Å². The Hall–Kier alpha value is -2.24. The first-order valence-corrected chi connectivity index (χ1v) is 9.04. The normalized spacial score (nSPS) is 14.1. The number of benzene rings is 1. The van der Waals surface area contributed by atoms with Crippen LogP contribution in [0, 0.1) is 0 Å². The van der Waals surface area contributed by atoms with Gasteiger partial charge in [0.25, 0.3) is 5.91 Å². The molecule has 0 saturated carbocycles. The van der Waals surface area contributed by atoms with Crippen LogP contribution in [0.15, 0.2) is 60.1 Å². The summed E-state index contributed by atoms with van der Waals surface area (Å²) in [5, 5.41) is 2.94. The van der Waals surface area contributed by atoms with Crippen LogP contribution in [0.5, 0.6) is 0 Å². The van der Waals surface area contributed by atoms with Crippen molar-refractivity contribution < 1.29 is 4.79 Å². The Morgan fingerprint density at radius 3 is 2.78 bits per heavy atom. The molecular formula is C18H14N2OS2. The van der Waals surface area contributed by atoms with Crippen LogP contribution in [0.1, 0.15) is 15.2 Å². The molecule has 4 rings (SSSR count). The van der Waals surface area contributed by atoms with Gasteiger partial charge in [-0.15, -0.1) is 22.7 Å². The third-order valence-electron chi connectivity index (χ3n) is 3.80. The van der Waals surface area contributed by atoms with Gasteiger partial charge in [0.1, 0.15) is 9.88 Å². The van der Waals surface area contributed by atoms with Crippen molar-refractivity contribution in [1.29, 1.82) is 0 Å². The van der Waals surface area contributed by atoms with Crippen LogP contribution in [0.3, 0.4) is 0 Å². The van der Waals surface area contributed by atoms with Gasteiger partial charge < -0.3 is 4.90 Å². The van der Waals surface area contributed by atoms with Gasteiger partial charge in [0.15, 0.2) is 0 Å². The van der Waals surface area contributed by atoms with Crippen molar-refractivity contribution in [2.24, 2.45) is 0 Å². The highest BCUT2D eigenvalue weighted by atomic mass is 32.1. The average Bonchev–Trinajstić information content (AvgIpc) is 3.35. The Balaban J connectivity index is 1.49. The molecule has 23 heavy (non-hydrogen) atoms. The van der Waals surface area contributed by atoms with Crippen molar-refractivity contribution in [2.75, 3.05) is 13.1 Å². The summed E-state index contributed by atoms with van der Waals surface area (Å²) in [7, 11) is 0. The van der Waals surface area contributed by atoms with E-state index in [0.717, 1.165) is 9.88 Å². The predicted octanol–water partition coefficient (Wildman–Crippen LogP) is 4.41. The second-order valence-electron chi connectivity index (χ2n) is 5.29. The van der Waals surface area contributed by atoms with Gasteiger partial charge >= 0.3 is 0 Å². The summed E-state index contributed by atoms with van der Waals surface area (Å²) in [4.78, 5) is 20.7. The Kier molecular flexibility index (Phi) is 3.81. The summed E-state index contributed by atoms with van der Waals surface area (Å²) in [5.41, 5.74) is 2.40. The van der Waals surface area contributed by atoms with Crippen LogP contribution in [0.2, 0.25) is 0 Å². The van der Waals surface area contributed by atoms with E-state index in [1.807, 2.05) is 40.6 Å². The largest absolute Gasteiger partial charge is 0.330 e. The summed E-state index contributed by atoms with van der Waals surface area (Å²) in [6, 6.07) is 14.3. The molecule has 0 N–H and O–H groups in total. The fraction of sp³-hybridized carbons (Fsp3) is 0.111. The second-order valence-corrected chi connectivity index (χ2v) is 7.27. The zero-order valence-electron chi connectivity index (χ0n) is 12.3. The number of thiophene rings is 1. The van der Waals surface area contributed by atoms with Crippen LogP contribution in [0.25, 0.3) is 15.5 Å². The zero-order valence-corrected chi connectivity index (χ0v) is 13.9. The number of carbonyl (C=O) groups excluding carboxylic acids is 1. The van der Waals surface area contributed by atoms with E-state index in [0.29, 0.717) is 18.0 Å². The second kappa shape index (κ2) is 6.10. The third kappa shape index (κ3) is 2.85. The smallest absolute Gasteiger partial charge is 0.266 e. The molecule has 0 aliphatic carbocycles. The monoisotopic (exact) mass is 338 g/mol. The van der Waals surface area contributed by atoms with Gasteiger partial charge in [-0.1, -0.05) is 42.5 Å². The van der Waals surface area contributed by atoms with Crippen molar-refractivity contribution in [2.45, 2.75) is 0 Å². The molecule has 0 radical (unpaired) electrons. The van der Waals surface area contributed by atoms with Crippen molar-refractivity contribution in [1.82, 2.24) is 9.88 Å². The number of amides is 1. The molecule has 0 spiro atoms. The number of hydrogen-bond acceptors (Lipinski definition) is 4. The number of rotatable bonds is 3. The fourth-order valence-electron chi connectivity index (χ4n) is 2.61. The van der Waals surface area contributed by atoms with E-state index < -0.39 is 0 Å². The van der Waals surface area contributed by atoms with Crippen LogP contribution >= 0.6 is 22.7 Å². The van der Waals surface area contributed by atoms with E-state index in [4.69, 9.17) is 0 Å². The summed E-state index contributed by atoms with van der Waals surface area (Å²) in [6.45, 7) is 1.32. The van der Waals surface area contributed by atoms with Crippen LogP contribution in [-0.4, -0.2) is 28.9 Å². The van der Waals surface area contributed by atoms with Crippen LogP contribution in [0.4, 0.5) is 0 Å². The van der Waals surface area contributed by atoms with Crippen molar-refractivity contribution >= 4 is 34.2 Å². The van der Waals surface area contributed by atoms with Crippen molar-refractivity contribution in [3.05, 3.63) is 70.6 Å². The molecule has 0 unspecified atom stereocenters. The highest BCUT2D eigenvalue weighted by molar-refractivity contribution is 7.21. The molecule has 5 heteroatoms. The molecule has 0 atom stereocenters. The lowest BCUT2D eigenvalue weighted by molar-refractivity contribution is 0.0806. The van der Waals surface area contributed by atoms with Gasteiger partial charge in [-0.25, -0.2) is 4.98 Å². The standard InChI is InChI=1S/C18H14N2OS2/c21-18(16-11-19-17(23-16)15-7-4-10-22-15)20-9-8-14(12-20)13-5-2-1-3-6-13/h1-8,10-11H,9,12H2. The number of thiazole rings is 1. The Bertz CT molecular complexity index is 850. The zero-order chi connectivity index (χ0) is 15.6. The van der Waals surface area contributed by atoms with Gasteiger partial charge in [-0.05, 0) is 22.6 Å². The van der Waals surface area contributed by atoms with E-state index in [1.165, 1.54) is 22.5 Å². The molecule has 1 aliphatic heterocycles. The average molecular weight is 338 g/mol. The van der Waals surface area contributed by atoms with Gasteiger partial charge in [-0.3, -0.25) is 4.79 Å². The van der Waals surface area contributed by atoms with E-state index >= 15 is 0 Å². The van der Waals surface area contributed by atoms with E-state index in [9.17, 15) is 4.79 Å². The first-order chi connectivity index (χ1) is 11.3. The highest BCUT2D eigenvalue weighted by Gasteiger charge is 2.23. The van der Waals surface area contributed by atoms with E-state index in [-0.39, 0.29) is 5.91 Å². The number of hydrogen-bond donors (Lipinski definition) is 0. The minimum Gasteiger partial charge on any atom is -0.330 e. The molecule has 1 aliphatic rings. The number of aromatic nitrogens is 1. The van der Waals surface area contributed by atoms with Gasteiger partial charge in [-0.2, -0.15) is 0 Å². The van der Waals surface area contributed by atoms with Gasteiger partial charge in [0, 0.05) is 13.1 Å². The molecule has 3 heterocycles. The van der Waals surface area contributed by atoms with Crippen LogP contribution in [-0.2, 0) is 0 Å². The lowest BCUT2D eigenvalue weighted by Crippen LogP contribution is -2.28. The Morgan fingerprint density at radius 1 is 1.13 bits per heavy atom. The molecule has 0 saturated heterocycles. The lowest BCUT2D eigenvalue weighted by atomic mass is 10.1. The molecular weight excluding hydrogens is 324 g/mol. The summed E-state index contributed by atoms with van der Waals surface area (Å²) < 4.78 is 0. The Morgan fingerprint density at radius 2 is 2.00 bits per heavy atom. The quantitative estimate of drug-likeness (QED) is 0.709. The summed E-state index contributed by atoms with van der Waals surface area (Å²) in [5.74, 6) is 0.0625. The minimum absolute atomic E-state index is 0.0625. The van der Waals surface area contributed by atoms with E-state index in [2.05, 4.69) is 23.2 Å². The molecule has 1 amide bonds. The summed E-state index contributed by atoms with van der Waals surface area (Å²) in [6.07, 6.45) is 3.83. The Labute approximate surface area is 142 Å². The maximum atomic E-state index is 12.7. The molecule has 3 nitrogen and oxygen atoms in total. The summed E-state index contributed by atoms with van der Waals surface area (Å²) >= 11 is 3.11. The first-order valence-electron chi connectivity index (χ1n) is 7.35. The van der Waals surface area contributed by atoms with E-state index in [1.54, 1.807) is 17.5 Å². The molecule has 114 valence electrons. The minimum atomic E-state index is 0.0625. The maximum Gasteiger partial charge on any atom is 0.266 e. The van der Waals surface area contributed by atoms with Crippen molar-refractivity contribution in [3.63, 3.8) is 0 Å². The number of carbonyl (C=O) groups is 1. The third-order valence-corrected chi connectivity index (χ3v) is 5.82. The first kappa shape index (κ1) is 14.4. The highest BCUT2D eigenvalue weighted by Crippen LogP contribution is 2.30. The molecule has 0 bridgehead atoms. The van der Waals surface area contributed by atoms with Crippen molar-refractivity contribution in [3.8, 4) is 9.88 Å². The molecule has 2 aromatic heterocycles. The van der Waals surface area contributed by atoms with Gasteiger partial charge in [0.2, 0.25) is 0 Å². The SMILES string of the molecule is O=C(c1cnc(-c2cccs2)s1)N1CC=C(c2ccccc2)C1. The molecule has 1 aromatic carbocycles. The lowest BCUT2D eigenvalue weighted by Gasteiger charge is -2.15. The maximum absolute atomic E-state index is 12.7. The van der Waals surface area contributed by atoms with Crippen LogP contribution < -0.4 is 0 Å². The topological polar surface area (TPSA) is 33.2 Å².